The predicted molar refractivity (Wildman–Crippen MR) is 46.3 cm³/mol. The molecule has 1 atom stereocenters. The van der Waals surface area contributed by atoms with E-state index < -0.39 is 6.29 Å². The Morgan fingerprint density at radius 3 is 3.23 bits per heavy atom. The molecule has 2 N–H and O–H groups in total. The maximum absolute atomic E-state index is 11.4. The maximum Gasteiger partial charge on any atom is 0.253 e. The first-order chi connectivity index (χ1) is 6.16. The van der Waals surface area contributed by atoms with Crippen molar-refractivity contribution in [2.24, 2.45) is 0 Å². The quantitative estimate of drug-likeness (QED) is 0.595. The van der Waals surface area contributed by atoms with E-state index in [1.807, 2.05) is 13.0 Å². The molecule has 0 saturated carbocycles. The molecule has 0 aromatic carbocycles. The molecule has 13 heavy (non-hydrogen) atoms. The molecular formula is C9H11NO3. The van der Waals surface area contributed by atoms with Crippen LogP contribution in [0.3, 0.4) is 0 Å². The highest BCUT2D eigenvalue weighted by molar-refractivity contribution is 5.27. The van der Waals surface area contributed by atoms with Gasteiger partial charge in [0.15, 0.2) is 6.29 Å². The predicted octanol–water partition coefficient (Wildman–Crippen LogP) is 0.0744. The van der Waals surface area contributed by atoms with Crippen LogP contribution in [0.5, 0.6) is 0 Å². The van der Waals surface area contributed by atoms with Crippen LogP contribution >= 0.6 is 0 Å². The van der Waals surface area contributed by atoms with E-state index in [9.17, 15) is 9.90 Å². The van der Waals surface area contributed by atoms with E-state index in [4.69, 9.17) is 4.74 Å². The molecule has 4 nitrogen and oxygen atoms in total. The van der Waals surface area contributed by atoms with Crippen molar-refractivity contribution in [3.63, 3.8) is 0 Å². The van der Waals surface area contributed by atoms with Gasteiger partial charge in [-0.05, 0) is 18.6 Å². The lowest BCUT2D eigenvalue weighted by Crippen LogP contribution is -2.28. The first-order valence-electron chi connectivity index (χ1n) is 4.18. The second-order valence-electron chi connectivity index (χ2n) is 3.26. The van der Waals surface area contributed by atoms with E-state index in [0.717, 1.165) is 11.3 Å². The van der Waals surface area contributed by atoms with Crippen molar-refractivity contribution in [3.05, 3.63) is 33.2 Å². The molecule has 2 rings (SSSR count). The van der Waals surface area contributed by atoms with Gasteiger partial charge in [0.25, 0.3) is 5.56 Å². The second-order valence-corrected chi connectivity index (χ2v) is 3.26. The summed E-state index contributed by atoms with van der Waals surface area (Å²) in [4.78, 5) is 14.1. The van der Waals surface area contributed by atoms with Gasteiger partial charge in [-0.25, -0.2) is 0 Å². The highest BCUT2D eigenvalue weighted by Crippen LogP contribution is 2.16. The third kappa shape index (κ3) is 1.50. The largest absolute Gasteiger partial charge is 0.368 e. The lowest BCUT2D eigenvalue weighted by atomic mass is 10.0. The summed E-state index contributed by atoms with van der Waals surface area (Å²) in [6, 6.07) is 1.88. The second kappa shape index (κ2) is 2.97. The Bertz CT molecular complexity index is 383. The molecule has 2 heterocycles. The molecule has 1 aromatic rings. The van der Waals surface area contributed by atoms with Crippen molar-refractivity contribution in [2.45, 2.75) is 26.2 Å². The van der Waals surface area contributed by atoms with Gasteiger partial charge in [-0.2, -0.15) is 0 Å². The Labute approximate surface area is 75.2 Å². The number of aliphatic hydroxyl groups excluding tert-OH is 1. The van der Waals surface area contributed by atoms with Gasteiger partial charge < -0.3 is 14.8 Å². The number of aromatic nitrogens is 1. The molecule has 0 spiro atoms. The van der Waals surface area contributed by atoms with Gasteiger partial charge in [-0.3, -0.25) is 4.79 Å². The number of aromatic amines is 1. The zero-order chi connectivity index (χ0) is 9.42. The van der Waals surface area contributed by atoms with Crippen molar-refractivity contribution in [1.29, 1.82) is 0 Å². The van der Waals surface area contributed by atoms with Crippen molar-refractivity contribution in [1.82, 2.24) is 4.98 Å². The highest BCUT2D eigenvalue weighted by atomic mass is 16.6. The van der Waals surface area contributed by atoms with E-state index in [2.05, 4.69) is 4.98 Å². The monoisotopic (exact) mass is 181 g/mol. The lowest BCUT2D eigenvalue weighted by Gasteiger charge is -2.20. The molecule has 0 fully saturated rings. The standard InChI is InChI=1S/C9H11NO3/c1-5-2-6-3-8(11)13-4-7(6)9(12)10-5/h2,8,11H,3-4H2,1H3,(H,10,12). The average Bonchev–Trinajstić information content (AvgIpc) is 2.02. The molecule has 0 saturated heterocycles. The number of rotatable bonds is 0. The summed E-state index contributed by atoms with van der Waals surface area (Å²) >= 11 is 0. The number of hydrogen-bond donors (Lipinski definition) is 2. The molecule has 1 aromatic heterocycles. The van der Waals surface area contributed by atoms with Crippen LogP contribution in [-0.4, -0.2) is 16.4 Å². The first-order valence-corrected chi connectivity index (χ1v) is 4.18. The van der Waals surface area contributed by atoms with Crippen LogP contribution in [0, 0.1) is 6.92 Å². The summed E-state index contributed by atoms with van der Waals surface area (Å²) in [5, 5.41) is 9.20. The van der Waals surface area contributed by atoms with Crippen molar-refractivity contribution in [3.8, 4) is 0 Å². The summed E-state index contributed by atoms with van der Waals surface area (Å²) < 4.78 is 4.96. The zero-order valence-corrected chi connectivity index (χ0v) is 7.33. The third-order valence-corrected chi connectivity index (χ3v) is 2.18. The molecule has 1 aliphatic heterocycles. The zero-order valence-electron chi connectivity index (χ0n) is 7.33. The molecule has 1 unspecified atom stereocenters. The van der Waals surface area contributed by atoms with Gasteiger partial charge in [0, 0.05) is 17.7 Å². The number of nitrogens with one attached hydrogen (secondary N) is 1. The van der Waals surface area contributed by atoms with Crippen molar-refractivity contribution < 1.29 is 9.84 Å². The molecule has 0 aliphatic carbocycles. The van der Waals surface area contributed by atoms with Gasteiger partial charge in [-0.15, -0.1) is 0 Å². The minimum atomic E-state index is -0.770. The lowest BCUT2D eigenvalue weighted by molar-refractivity contribution is -0.115. The van der Waals surface area contributed by atoms with Gasteiger partial charge in [0.05, 0.1) is 6.61 Å². The number of fused-ring (bicyclic) bond motifs is 1. The maximum atomic E-state index is 11.4. The first kappa shape index (κ1) is 8.47. The molecule has 70 valence electrons. The van der Waals surface area contributed by atoms with E-state index in [1.54, 1.807) is 0 Å². The Morgan fingerprint density at radius 1 is 1.69 bits per heavy atom. The minimum Gasteiger partial charge on any atom is -0.368 e. The Hall–Kier alpha value is -1.13. The number of H-pyrrole nitrogens is 1. The summed E-state index contributed by atoms with van der Waals surface area (Å²) in [6.45, 7) is 2.02. The Morgan fingerprint density at radius 2 is 2.46 bits per heavy atom. The van der Waals surface area contributed by atoms with E-state index in [1.165, 1.54) is 0 Å². The van der Waals surface area contributed by atoms with Crippen molar-refractivity contribution in [2.75, 3.05) is 0 Å². The van der Waals surface area contributed by atoms with Crippen LogP contribution in [-0.2, 0) is 17.8 Å². The molecule has 4 heteroatoms. The molecular weight excluding hydrogens is 170 g/mol. The fourth-order valence-corrected chi connectivity index (χ4v) is 1.55. The van der Waals surface area contributed by atoms with E-state index in [0.29, 0.717) is 12.0 Å². The third-order valence-electron chi connectivity index (χ3n) is 2.18. The SMILES string of the molecule is Cc1cc2c(c(=O)[nH]1)COC(O)C2. The topological polar surface area (TPSA) is 62.3 Å². The van der Waals surface area contributed by atoms with E-state index in [-0.39, 0.29) is 12.2 Å². The van der Waals surface area contributed by atoms with Gasteiger partial charge in [-0.1, -0.05) is 0 Å². The number of aliphatic hydroxyl groups is 1. The van der Waals surface area contributed by atoms with Crippen LogP contribution in [0.15, 0.2) is 10.9 Å². The molecule has 0 bridgehead atoms. The van der Waals surface area contributed by atoms with Crippen LogP contribution in [0.4, 0.5) is 0 Å². The number of pyridine rings is 1. The van der Waals surface area contributed by atoms with Gasteiger partial charge in [0.2, 0.25) is 0 Å². The Balaban J connectivity index is 2.53. The fraction of sp³-hybridized carbons (Fsp3) is 0.444. The van der Waals surface area contributed by atoms with Crippen LogP contribution in [0.1, 0.15) is 16.8 Å². The molecule has 0 amide bonds. The minimum absolute atomic E-state index is 0.109. The van der Waals surface area contributed by atoms with Crippen molar-refractivity contribution >= 4 is 0 Å². The van der Waals surface area contributed by atoms with Gasteiger partial charge in [0.1, 0.15) is 0 Å². The van der Waals surface area contributed by atoms with Gasteiger partial charge >= 0.3 is 0 Å². The number of aryl methyl sites for hydroxylation is 1. The Kier molecular flexibility index (Phi) is 1.94. The summed E-state index contributed by atoms with van der Waals surface area (Å²) in [6.07, 6.45) is -0.367. The number of hydrogen-bond acceptors (Lipinski definition) is 3. The number of ether oxygens (including phenoxy) is 1. The summed E-state index contributed by atoms with van der Waals surface area (Å²) in [5.74, 6) is 0. The van der Waals surface area contributed by atoms with Crippen LogP contribution in [0.25, 0.3) is 0 Å². The normalized spacial score (nSPS) is 21.2. The highest BCUT2D eigenvalue weighted by Gasteiger charge is 2.19. The molecule has 0 radical (unpaired) electrons. The summed E-state index contributed by atoms with van der Waals surface area (Å²) in [7, 11) is 0. The smallest absolute Gasteiger partial charge is 0.253 e. The summed E-state index contributed by atoms with van der Waals surface area (Å²) in [5.41, 5.74) is 2.23. The fourth-order valence-electron chi connectivity index (χ4n) is 1.55. The van der Waals surface area contributed by atoms with Crippen LogP contribution < -0.4 is 5.56 Å². The average molecular weight is 181 g/mol. The van der Waals surface area contributed by atoms with E-state index >= 15 is 0 Å². The van der Waals surface area contributed by atoms with Crippen LogP contribution in [0.2, 0.25) is 0 Å². The molecule has 1 aliphatic rings.